The van der Waals surface area contributed by atoms with Crippen molar-refractivity contribution in [2.75, 3.05) is 20.6 Å². The number of hydrogen-bond donors (Lipinski definition) is 1. The Kier molecular flexibility index (Phi) is 4.53. The van der Waals surface area contributed by atoms with Crippen molar-refractivity contribution in [2.45, 2.75) is 30.4 Å². The van der Waals surface area contributed by atoms with E-state index in [1.54, 1.807) is 11.8 Å². The first-order valence-corrected chi connectivity index (χ1v) is 7.47. The number of H-pyrrole nitrogens is 1. The maximum Gasteiger partial charge on any atom is 0.146 e. The van der Waals surface area contributed by atoms with Gasteiger partial charge in [0.15, 0.2) is 0 Å². The highest BCUT2D eigenvalue weighted by Gasteiger charge is 2.14. The van der Waals surface area contributed by atoms with E-state index in [2.05, 4.69) is 23.7 Å². The van der Waals surface area contributed by atoms with Gasteiger partial charge in [0.05, 0.1) is 0 Å². The Morgan fingerprint density at radius 3 is 2.68 bits per heavy atom. The van der Waals surface area contributed by atoms with Crippen molar-refractivity contribution in [3.8, 4) is 0 Å². The van der Waals surface area contributed by atoms with E-state index in [1.165, 1.54) is 0 Å². The molecule has 1 N–H and O–H groups in total. The molecule has 0 atom stereocenters. The summed E-state index contributed by atoms with van der Waals surface area (Å²) in [5.41, 5.74) is 1.95. The van der Waals surface area contributed by atoms with E-state index in [-0.39, 0.29) is 5.82 Å². The van der Waals surface area contributed by atoms with Gasteiger partial charge in [-0.25, -0.2) is 4.39 Å². The van der Waals surface area contributed by atoms with Gasteiger partial charge in [-0.3, -0.25) is 0 Å². The van der Waals surface area contributed by atoms with Crippen LogP contribution in [0.15, 0.2) is 23.2 Å². The van der Waals surface area contributed by atoms with E-state index < -0.39 is 0 Å². The predicted octanol–water partition coefficient (Wildman–Crippen LogP) is 3.91. The fourth-order valence-electron chi connectivity index (χ4n) is 2.11. The second-order valence-electron chi connectivity index (χ2n) is 5.33. The molecule has 19 heavy (non-hydrogen) atoms. The first kappa shape index (κ1) is 14.4. The summed E-state index contributed by atoms with van der Waals surface area (Å²) in [6, 6.07) is 3.84. The SMILES string of the molecule is CC(C)Sc1ccc2[nH]cc(CCN(C)C)c2c1F. The minimum Gasteiger partial charge on any atom is -0.361 e. The smallest absolute Gasteiger partial charge is 0.146 e. The van der Waals surface area contributed by atoms with Gasteiger partial charge in [0.1, 0.15) is 5.82 Å². The van der Waals surface area contributed by atoms with Crippen LogP contribution in [-0.2, 0) is 6.42 Å². The molecule has 1 heterocycles. The van der Waals surface area contributed by atoms with Gasteiger partial charge in [-0.1, -0.05) is 13.8 Å². The summed E-state index contributed by atoms with van der Waals surface area (Å²) in [7, 11) is 4.07. The topological polar surface area (TPSA) is 19.0 Å². The summed E-state index contributed by atoms with van der Waals surface area (Å²) < 4.78 is 14.6. The van der Waals surface area contributed by atoms with E-state index >= 15 is 0 Å². The Labute approximate surface area is 118 Å². The van der Waals surface area contributed by atoms with Gasteiger partial charge in [-0.2, -0.15) is 0 Å². The third-order valence-electron chi connectivity index (χ3n) is 3.02. The third-order valence-corrected chi connectivity index (χ3v) is 4.06. The Morgan fingerprint density at radius 2 is 2.05 bits per heavy atom. The van der Waals surface area contributed by atoms with E-state index in [9.17, 15) is 4.39 Å². The molecule has 0 radical (unpaired) electrons. The molecule has 2 aromatic rings. The zero-order chi connectivity index (χ0) is 14.0. The number of nitrogens with one attached hydrogen (secondary N) is 1. The lowest BCUT2D eigenvalue weighted by atomic mass is 10.1. The quantitative estimate of drug-likeness (QED) is 0.837. The Morgan fingerprint density at radius 1 is 1.32 bits per heavy atom. The molecule has 104 valence electrons. The van der Waals surface area contributed by atoms with Gasteiger partial charge in [-0.15, -0.1) is 11.8 Å². The number of aromatic nitrogens is 1. The average Bonchev–Trinajstić information content (AvgIpc) is 2.73. The van der Waals surface area contributed by atoms with Crippen LogP contribution >= 0.6 is 11.8 Å². The third kappa shape index (κ3) is 3.31. The van der Waals surface area contributed by atoms with Crippen LogP contribution in [0.2, 0.25) is 0 Å². The zero-order valence-electron chi connectivity index (χ0n) is 12.0. The number of hydrogen-bond acceptors (Lipinski definition) is 2. The molecule has 0 aliphatic heterocycles. The van der Waals surface area contributed by atoms with Gasteiger partial charge >= 0.3 is 0 Å². The van der Waals surface area contributed by atoms with Gasteiger partial charge in [-0.05, 0) is 38.2 Å². The number of thioether (sulfide) groups is 1. The predicted molar refractivity (Wildman–Crippen MR) is 81.5 cm³/mol. The first-order valence-electron chi connectivity index (χ1n) is 6.59. The summed E-state index contributed by atoms with van der Waals surface area (Å²) in [5.74, 6) is -0.0776. The molecule has 0 bridgehead atoms. The lowest BCUT2D eigenvalue weighted by Gasteiger charge is -2.10. The molecule has 0 amide bonds. The lowest BCUT2D eigenvalue weighted by Crippen LogP contribution is -2.14. The number of halogens is 1. The maximum atomic E-state index is 14.6. The molecular formula is C15H21FN2S. The van der Waals surface area contributed by atoms with Crippen LogP contribution in [0.3, 0.4) is 0 Å². The fourth-order valence-corrected chi connectivity index (χ4v) is 2.97. The largest absolute Gasteiger partial charge is 0.361 e. The van der Waals surface area contributed by atoms with Crippen LogP contribution in [0.25, 0.3) is 10.9 Å². The molecule has 2 rings (SSSR count). The van der Waals surface area contributed by atoms with Gasteiger partial charge in [0.2, 0.25) is 0 Å². The van der Waals surface area contributed by atoms with Crippen LogP contribution in [0.5, 0.6) is 0 Å². The average molecular weight is 280 g/mol. The molecule has 0 unspecified atom stereocenters. The summed E-state index contributed by atoms with van der Waals surface area (Å²) in [5, 5.41) is 1.14. The molecule has 4 heteroatoms. The molecular weight excluding hydrogens is 259 g/mol. The summed E-state index contributed by atoms with van der Waals surface area (Å²) in [4.78, 5) is 6.02. The summed E-state index contributed by atoms with van der Waals surface area (Å²) in [6.07, 6.45) is 2.79. The van der Waals surface area contributed by atoms with Crippen molar-refractivity contribution in [3.05, 3.63) is 29.7 Å². The van der Waals surface area contributed by atoms with E-state index in [1.807, 2.05) is 32.4 Å². The fraction of sp³-hybridized carbons (Fsp3) is 0.467. The molecule has 1 aromatic carbocycles. The number of likely N-dealkylation sites (N-methyl/N-ethyl adjacent to an activating group) is 1. The molecule has 0 saturated heterocycles. The molecule has 0 aliphatic rings. The first-order chi connectivity index (χ1) is 8.99. The molecule has 0 spiro atoms. The second-order valence-corrected chi connectivity index (χ2v) is 6.95. The summed E-state index contributed by atoms with van der Waals surface area (Å²) in [6.45, 7) is 5.09. The van der Waals surface area contributed by atoms with Crippen molar-refractivity contribution in [2.24, 2.45) is 0 Å². The Balaban J connectivity index is 2.38. The molecule has 2 nitrogen and oxygen atoms in total. The number of fused-ring (bicyclic) bond motifs is 1. The van der Waals surface area contributed by atoms with Gasteiger partial charge in [0.25, 0.3) is 0 Å². The van der Waals surface area contributed by atoms with Gasteiger partial charge in [0, 0.05) is 33.8 Å². The number of nitrogens with zero attached hydrogens (tertiary/aromatic N) is 1. The highest BCUT2D eigenvalue weighted by Crippen LogP contribution is 2.32. The zero-order valence-corrected chi connectivity index (χ0v) is 12.8. The Bertz CT molecular complexity index is 561. The van der Waals surface area contributed by atoms with Crippen LogP contribution in [0.1, 0.15) is 19.4 Å². The van der Waals surface area contributed by atoms with Crippen molar-refractivity contribution < 1.29 is 4.39 Å². The van der Waals surface area contributed by atoms with Crippen LogP contribution in [0, 0.1) is 5.82 Å². The van der Waals surface area contributed by atoms with Crippen LogP contribution < -0.4 is 0 Å². The number of benzene rings is 1. The van der Waals surface area contributed by atoms with Crippen LogP contribution in [-0.4, -0.2) is 35.8 Å². The lowest BCUT2D eigenvalue weighted by molar-refractivity contribution is 0.414. The van der Waals surface area contributed by atoms with Crippen molar-refractivity contribution in [1.29, 1.82) is 0 Å². The Hall–Kier alpha value is -1.00. The normalized spacial score (nSPS) is 11.9. The number of rotatable bonds is 5. The maximum absolute atomic E-state index is 14.6. The standard InChI is InChI=1S/C15H21FN2S/c1-10(2)19-13-6-5-12-14(15(13)16)11(9-17-12)7-8-18(3)4/h5-6,9-10,17H,7-8H2,1-4H3. The minimum absolute atomic E-state index is 0.0776. The van der Waals surface area contributed by atoms with Crippen molar-refractivity contribution in [3.63, 3.8) is 0 Å². The minimum atomic E-state index is -0.0776. The van der Waals surface area contributed by atoms with E-state index in [0.29, 0.717) is 5.25 Å². The monoisotopic (exact) mass is 280 g/mol. The van der Waals surface area contributed by atoms with E-state index in [4.69, 9.17) is 0 Å². The molecule has 0 saturated carbocycles. The highest BCUT2D eigenvalue weighted by molar-refractivity contribution is 7.99. The van der Waals surface area contributed by atoms with Crippen molar-refractivity contribution >= 4 is 22.7 Å². The molecule has 0 aliphatic carbocycles. The summed E-state index contributed by atoms with van der Waals surface area (Å²) >= 11 is 1.58. The van der Waals surface area contributed by atoms with Crippen molar-refractivity contribution in [1.82, 2.24) is 9.88 Å². The molecule has 0 fully saturated rings. The molecule has 1 aromatic heterocycles. The second kappa shape index (κ2) is 5.97. The number of aromatic amines is 1. The van der Waals surface area contributed by atoms with Gasteiger partial charge < -0.3 is 9.88 Å². The van der Waals surface area contributed by atoms with Crippen LogP contribution in [0.4, 0.5) is 4.39 Å². The van der Waals surface area contributed by atoms with E-state index in [0.717, 1.165) is 34.3 Å². The highest BCUT2D eigenvalue weighted by atomic mass is 32.2.